The monoisotopic (exact) mass is 417 g/mol. The molecule has 0 bridgehead atoms. The van der Waals surface area contributed by atoms with E-state index in [1.807, 2.05) is 0 Å². The first-order chi connectivity index (χ1) is 14.4. The van der Waals surface area contributed by atoms with E-state index in [1.54, 1.807) is 0 Å². The Bertz CT molecular complexity index is 640. The van der Waals surface area contributed by atoms with Crippen molar-refractivity contribution in [2.75, 3.05) is 32.8 Å². The minimum atomic E-state index is 0.0511. The molecule has 0 radical (unpaired) electrons. The van der Waals surface area contributed by atoms with E-state index in [0.717, 1.165) is 26.2 Å². The maximum absolute atomic E-state index is 9.32. The van der Waals surface area contributed by atoms with Crippen LogP contribution in [0.5, 0.6) is 0 Å². The average Bonchev–Trinajstić information content (AvgIpc) is 3.22. The van der Waals surface area contributed by atoms with Crippen molar-refractivity contribution in [1.82, 2.24) is 4.90 Å². The van der Waals surface area contributed by atoms with Crippen molar-refractivity contribution >= 4 is 0 Å². The maximum Gasteiger partial charge on any atom is 0.160 e. The molecule has 5 rings (SSSR count). The van der Waals surface area contributed by atoms with Crippen molar-refractivity contribution in [2.24, 2.45) is 34.5 Å². The predicted molar refractivity (Wildman–Crippen MR) is 119 cm³/mol. The SMILES string of the molecule is C=C1CCC2[C@]3(C)CO[C@@H](C4CCCC4)O[C@@H]3CC[C@@]2(C)[C@@H]1CCN1CC(CO)C1. The molecule has 0 aromatic carbocycles. The lowest BCUT2D eigenvalue weighted by Gasteiger charge is -2.63. The highest BCUT2D eigenvalue weighted by molar-refractivity contribution is 5.18. The van der Waals surface area contributed by atoms with Crippen molar-refractivity contribution in [1.29, 1.82) is 0 Å². The van der Waals surface area contributed by atoms with E-state index >= 15 is 0 Å². The van der Waals surface area contributed by atoms with E-state index in [1.165, 1.54) is 63.4 Å². The van der Waals surface area contributed by atoms with Crippen molar-refractivity contribution in [3.63, 3.8) is 0 Å². The normalized spacial score (nSPS) is 45.8. The number of aliphatic hydroxyl groups excluding tert-OH is 1. The molecule has 0 spiro atoms. The van der Waals surface area contributed by atoms with Gasteiger partial charge in [-0.1, -0.05) is 38.8 Å². The summed E-state index contributed by atoms with van der Waals surface area (Å²) in [6.45, 7) is 14.1. The molecular formula is C26H43NO3. The molecule has 0 aromatic rings. The van der Waals surface area contributed by atoms with Crippen LogP contribution >= 0.6 is 0 Å². The molecule has 4 heteroatoms. The summed E-state index contributed by atoms with van der Waals surface area (Å²) in [5.74, 6) is 2.39. The Labute approximate surface area is 183 Å². The third-order valence-electron chi connectivity index (χ3n) is 9.98. The zero-order valence-corrected chi connectivity index (χ0v) is 19.3. The first kappa shape index (κ1) is 21.4. The second-order valence-corrected chi connectivity index (χ2v) is 11.8. The zero-order valence-electron chi connectivity index (χ0n) is 19.3. The number of hydrogen-bond acceptors (Lipinski definition) is 4. The van der Waals surface area contributed by atoms with Crippen LogP contribution in [-0.4, -0.2) is 55.2 Å². The molecule has 2 heterocycles. The Morgan fingerprint density at radius 2 is 1.87 bits per heavy atom. The molecule has 5 fully saturated rings. The Kier molecular flexibility index (Phi) is 5.84. The number of hydrogen-bond donors (Lipinski definition) is 1. The second kappa shape index (κ2) is 8.17. The van der Waals surface area contributed by atoms with Gasteiger partial charge in [0.05, 0.1) is 12.7 Å². The van der Waals surface area contributed by atoms with Crippen LogP contribution in [0, 0.1) is 34.5 Å². The topological polar surface area (TPSA) is 41.9 Å². The highest BCUT2D eigenvalue weighted by Crippen LogP contribution is 2.63. The summed E-state index contributed by atoms with van der Waals surface area (Å²) in [5, 5.41) is 9.32. The van der Waals surface area contributed by atoms with Crippen molar-refractivity contribution in [2.45, 2.75) is 84.0 Å². The van der Waals surface area contributed by atoms with Gasteiger partial charge >= 0.3 is 0 Å². The molecule has 6 atom stereocenters. The lowest BCUT2D eigenvalue weighted by atomic mass is 9.46. The molecular weight excluding hydrogens is 374 g/mol. The third kappa shape index (κ3) is 3.50. The van der Waals surface area contributed by atoms with Gasteiger partial charge in [-0.25, -0.2) is 0 Å². The van der Waals surface area contributed by atoms with Crippen LogP contribution in [0.3, 0.4) is 0 Å². The summed E-state index contributed by atoms with van der Waals surface area (Å²) in [6, 6.07) is 0. The fourth-order valence-corrected chi connectivity index (χ4v) is 8.15. The standard InChI is InChI=1S/C26H43NO3/c1-18-8-9-22-25(2,21(18)11-13-27-14-19(15-27)16-28)12-10-23-26(22,3)17-29-24(30-23)20-6-4-5-7-20/h19-24,28H,1,4-17H2,2-3H3/t21-,22?,23-,24-,25+,26+/m1/s1. The van der Waals surface area contributed by atoms with E-state index in [-0.39, 0.29) is 11.7 Å². The van der Waals surface area contributed by atoms with Crippen molar-refractivity contribution in [3.05, 3.63) is 12.2 Å². The van der Waals surface area contributed by atoms with E-state index < -0.39 is 0 Å². The average molecular weight is 418 g/mol. The van der Waals surface area contributed by atoms with Gasteiger partial charge in [0.15, 0.2) is 6.29 Å². The van der Waals surface area contributed by atoms with Gasteiger partial charge in [-0.15, -0.1) is 0 Å². The van der Waals surface area contributed by atoms with Gasteiger partial charge in [0.2, 0.25) is 0 Å². The van der Waals surface area contributed by atoms with Gasteiger partial charge in [-0.05, 0) is 68.7 Å². The van der Waals surface area contributed by atoms with Gasteiger partial charge in [-0.3, -0.25) is 0 Å². The smallest absolute Gasteiger partial charge is 0.160 e. The molecule has 1 unspecified atom stereocenters. The number of ether oxygens (including phenoxy) is 2. The van der Waals surface area contributed by atoms with Crippen LogP contribution in [0.15, 0.2) is 12.2 Å². The van der Waals surface area contributed by atoms with Crippen LogP contribution in [-0.2, 0) is 9.47 Å². The fourth-order valence-electron chi connectivity index (χ4n) is 8.15. The molecule has 0 aromatic heterocycles. The van der Waals surface area contributed by atoms with E-state index in [0.29, 0.717) is 41.8 Å². The number of aliphatic hydroxyl groups is 1. The largest absolute Gasteiger partial charge is 0.396 e. The molecule has 1 N–H and O–H groups in total. The Balaban J connectivity index is 1.28. The number of likely N-dealkylation sites (tertiary alicyclic amines) is 1. The highest BCUT2D eigenvalue weighted by Gasteiger charge is 2.60. The van der Waals surface area contributed by atoms with Crippen molar-refractivity contribution in [3.8, 4) is 0 Å². The number of fused-ring (bicyclic) bond motifs is 3. The molecule has 2 aliphatic heterocycles. The van der Waals surface area contributed by atoms with Gasteiger partial charge < -0.3 is 19.5 Å². The lowest BCUT2D eigenvalue weighted by Crippen LogP contribution is -2.62. The Hall–Kier alpha value is -0.420. The molecule has 5 aliphatic rings. The quantitative estimate of drug-likeness (QED) is 0.663. The minimum absolute atomic E-state index is 0.0511. The van der Waals surface area contributed by atoms with E-state index in [9.17, 15) is 5.11 Å². The van der Waals surface area contributed by atoms with Gasteiger partial charge in [0, 0.05) is 36.9 Å². The number of allylic oxidation sites excluding steroid dienone is 1. The molecule has 2 saturated heterocycles. The predicted octanol–water partition coefficient (Wildman–Crippen LogP) is 4.62. The highest BCUT2D eigenvalue weighted by atomic mass is 16.7. The summed E-state index contributed by atoms with van der Waals surface area (Å²) in [4.78, 5) is 2.52. The first-order valence-corrected chi connectivity index (χ1v) is 12.7. The second-order valence-electron chi connectivity index (χ2n) is 11.8. The summed E-state index contributed by atoms with van der Waals surface area (Å²) in [5.41, 5.74) is 1.94. The fraction of sp³-hybridized carbons (Fsp3) is 0.923. The van der Waals surface area contributed by atoms with Crippen LogP contribution in [0.2, 0.25) is 0 Å². The first-order valence-electron chi connectivity index (χ1n) is 12.7. The zero-order chi connectivity index (χ0) is 20.9. The molecule has 0 amide bonds. The third-order valence-corrected chi connectivity index (χ3v) is 9.98. The summed E-state index contributed by atoms with van der Waals surface area (Å²) in [6.07, 6.45) is 11.7. The van der Waals surface area contributed by atoms with Gasteiger partial charge in [-0.2, -0.15) is 0 Å². The molecule has 3 saturated carbocycles. The summed E-state index contributed by atoms with van der Waals surface area (Å²) >= 11 is 0. The molecule has 30 heavy (non-hydrogen) atoms. The van der Waals surface area contributed by atoms with Crippen LogP contribution < -0.4 is 0 Å². The maximum atomic E-state index is 9.32. The van der Waals surface area contributed by atoms with Crippen molar-refractivity contribution < 1.29 is 14.6 Å². The Morgan fingerprint density at radius 3 is 2.60 bits per heavy atom. The van der Waals surface area contributed by atoms with Crippen LogP contribution in [0.4, 0.5) is 0 Å². The van der Waals surface area contributed by atoms with E-state index in [4.69, 9.17) is 9.47 Å². The summed E-state index contributed by atoms with van der Waals surface area (Å²) < 4.78 is 13.2. The number of nitrogens with zero attached hydrogens (tertiary/aromatic N) is 1. The molecule has 170 valence electrons. The van der Waals surface area contributed by atoms with Gasteiger partial charge in [0.25, 0.3) is 0 Å². The van der Waals surface area contributed by atoms with Crippen LogP contribution in [0.1, 0.15) is 71.6 Å². The minimum Gasteiger partial charge on any atom is -0.396 e. The molecule has 3 aliphatic carbocycles. The lowest BCUT2D eigenvalue weighted by molar-refractivity contribution is -0.316. The van der Waals surface area contributed by atoms with Crippen LogP contribution in [0.25, 0.3) is 0 Å². The Morgan fingerprint density at radius 1 is 1.10 bits per heavy atom. The number of rotatable bonds is 5. The molecule has 4 nitrogen and oxygen atoms in total. The van der Waals surface area contributed by atoms with Gasteiger partial charge in [0.1, 0.15) is 0 Å². The van der Waals surface area contributed by atoms with E-state index in [2.05, 4.69) is 25.3 Å². The summed E-state index contributed by atoms with van der Waals surface area (Å²) in [7, 11) is 0.